The average Bonchev–Trinajstić information content (AvgIpc) is 2.78. The number of non-ortho nitro benzene ring substituents is 1. The van der Waals surface area contributed by atoms with Gasteiger partial charge in [-0.1, -0.05) is 30.3 Å². The van der Waals surface area contributed by atoms with Gasteiger partial charge in [-0.05, 0) is 55.0 Å². The van der Waals surface area contributed by atoms with Gasteiger partial charge in [-0.25, -0.2) is 4.98 Å². The van der Waals surface area contributed by atoms with Crippen molar-refractivity contribution in [1.29, 1.82) is 0 Å². The molecule has 31 heavy (non-hydrogen) atoms. The van der Waals surface area contributed by atoms with E-state index in [2.05, 4.69) is 4.98 Å². The van der Waals surface area contributed by atoms with Gasteiger partial charge in [0.05, 0.1) is 21.5 Å². The van der Waals surface area contributed by atoms with Crippen LogP contribution in [0.4, 0.5) is 5.69 Å². The Labute approximate surface area is 177 Å². The number of ketones is 1. The molecule has 0 aliphatic carbocycles. The summed E-state index contributed by atoms with van der Waals surface area (Å²) in [5.41, 5.74) is 2.03. The topological polar surface area (TPSA) is 95.1 Å². The van der Waals surface area contributed by atoms with Crippen molar-refractivity contribution < 1.29 is 9.72 Å². The lowest BCUT2D eigenvalue weighted by molar-refractivity contribution is -0.384. The highest BCUT2D eigenvalue weighted by molar-refractivity contribution is 6.06. The van der Waals surface area contributed by atoms with Gasteiger partial charge in [0.1, 0.15) is 5.82 Å². The van der Waals surface area contributed by atoms with E-state index in [1.807, 2.05) is 6.07 Å². The molecule has 0 unspecified atom stereocenters. The Morgan fingerprint density at radius 1 is 1.03 bits per heavy atom. The van der Waals surface area contributed by atoms with Crippen LogP contribution >= 0.6 is 0 Å². The smallest absolute Gasteiger partial charge is 0.270 e. The molecule has 152 valence electrons. The van der Waals surface area contributed by atoms with Gasteiger partial charge in [0, 0.05) is 17.7 Å². The first-order valence-electron chi connectivity index (χ1n) is 9.50. The molecule has 0 atom stereocenters. The number of carbonyl (C=O) groups excluding carboxylic acids is 1. The molecule has 7 nitrogen and oxygen atoms in total. The van der Waals surface area contributed by atoms with Gasteiger partial charge < -0.3 is 0 Å². The zero-order valence-electron chi connectivity index (χ0n) is 16.6. The van der Waals surface area contributed by atoms with Gasteiger partial charge in [0.15, 0.2) is 5.78 Å². The summed E-state index contributed by atoms with van der Waals surface area (Å²) in [6, 6.07) is 19.8. The Morgan fingerprint density at radius 3 is 2.52 bits per heavy atom. The van der Waals surface area contributed by atoms with E-state index in [0.717, 1.165) is 0 Å². The molecular formula is C24H17N3O4. The molecule has 0 saturated carbocycles. The minimum Gasteiger partial charge on any atom is -0.289 e. The molecule has 0 radical (unpaired) electrons. The van der Waals surface area contributed by atoms with Gasteiger partial charge in [-0.15, -0.1) is 0 Å². The van der Waals surface area contributed by atoms with E-state index in [9.17, 15) is 19.7 Å². The largest absolute Gasteiger partial charge is 0.289 e. The molecule has 1 aromatic heterocycles. The predicted molar refractivity (Wildman–Crippen MR) is 119 cm³/mol. The van der Waals surface area contributed by atoms with Crippen LogP contribution < -0.4 is 5.56 Å². The van der Waals surface area contributed by atoms with Crippen LogP contribution in [-0.4, -0.2) is 20.3 Å². The molecule has 4 rings (SSSR count). The van der Waals surface area contributed by atoms with Crippen molar-refractivity contribution in [3.63, 3.8) is 0 Å². The van der Waals surface area contributed by atoms with Crippen LogP contribution in [0, 0.1) is 17.0 Å². The summed E-state index contributed by atoms with van der Waals surface area (Å²) in [5.74, 6) is 0.298. The minimum absolute atomic E-state index is 0.0382. The summed E-state index contributed by atoms with van der Waals surface area (Å²) < 4.78 is 1.51. The van der Waals surface area contributed by atoms with E-state index in [4.69, 9.17) is 0 Å². The van der Waals surface area contributed by atoms with Crippen molar-refractivity contribution >= 4 is 28.4 Å². The standard InChI is InChI=1S/C24H17N3O4/c1-16-25-22-8-3-2-7-21(22)24(29)26(16)19-12-10-18(11-13-19)23(28)14-9-17-5-4-6-20(15-17)27(30)31/h2-15H,1H3. The quantitative estimate of drug-likeness (QED) is 0.209. The summed E-state index contributed by atoms with van der Waals surface area (Å²) in [7, 11) is 0. The van der Waals surface area contributed by atoms with Gasteiger partial charge in [0.2, 0.25) is 0 Å². The SMILES string of the molecule is Cc1nc2ccccc2c(=O)n1-c1ccc(C(=O)C=Cc2cccc([N+](=O)[O-])c2)cc1. The van der Waals surface area contributed by atoms with E-state index in [0.29, 0.717) is 33.5 Å². The number of nitrogens with zero attached hydrogens (tertiary/aromatic N) is 3. The predicted octanol–water partition coefficient (Wildman–Crippen LogP) is 4.50. The Morgan fingerprint density at radius 2 is 1.77 bits per heavy atom. The highest BCUT2D eigenvalue weighted by Crippen LogP contribution is 2.16. The third-order valence-electron chi connectivity index (χ3n) is 4.86. The molecule has 4 aromatic rings. The Bertz CT molecular complexity index is 1400. The monoisotopic (exact) mass is 411 g/mol. The second-order valence-electron chi connectivity index (χ2n) is 6.91. The number of aryl methyl sites for hydroxylation is 1. The summed E-state index contributed by atoms with van der Waals surface area (Å²) in [6.07, 6.45) is 2.90. The van der Waals surface area contributed by atoms with Crippen molar-refractivity contribution in [1.82, 2.24) is 9.55 Å². The first kappa shape index (κ1) is 19.9. The second-order valence-corrected chi connectivity index (χ2v) is 6.91. The number of fused-ring (bicyclic) bond motifs is 1. The summed E-state index contributed by atoms with van der Waals surface area (Å²) in [4.78, 5) is 40.3. The van der Waals surface area contributed by atoms with E-state index in [1.165, 1.54) is 28.9 Å². The lowest BCUT2D eigenvalue weighted by Gasteiger charge is -2.11. The molecule has 3 aromatic carbocycles. The van der Waals surface area contributed by atoms with Crippen LogP contribution in [0.1, 0.15) is 21.7 Å². The third kappa shape index (κ3) is 4.02. The zero-order valence-corrected chi connectivity index (χ0v) is 16.6. The molecule has 0 spiro atoms. The fourth-order valence-corrected chi connectivity index (χ4v) is 3.33. The summed E-state index contributed by atoms with van der Waals surface area (Å²) >= 11 is 0. The molecule has 0 fully saturated rings. The maximum Gasteiger partial charge on any atom is 0.270 e. The molecule has 0 aliphatic rings. The van der Waals surface area contributed by atoms with Crippen molar-refractivity contribution in [2.75, 3.05) is 0 Å². The lowest BCUT2D eigenvalue weighted by atomic mass is 10.1. The normalized spacial score (nSPS) is 11.1. The highest BCUT2D eigenvalue weighted by Gasteiger charge is 2.10. The fraction of sp³-hybridized carbons (Fsp3) is 0.0417. The number of nitro groups is 1. The van der Waals surface area contributed by atoms with Crippen LogP contribution in [0.5, 0.6) is 0 Å². The minimum atomic E-state index is -0.483. The van der Waals surface area contributed by atoms with Gasteiger partial charge >= 0.3 is 0 Å². The van der Waals surface area contributed by atoms with Gasteiger partial charge in [0.25, 0.3) is 11.2 Å². The number of nitro benzene ring substituents is 1. The summed E-state index contributed by atoms with van der Waals surface area (Å²) in [6.45, 7) is 1.76. The molecule has 0 saturated heterocycles. The van der Waals surface area contributed by atoms with Crippen molar-refractivity contribution in [3.8, 4) is 5.69 Å². The molecule has 0 amide bonds. The molecule has 0 bridgehead atoms. The fourth-order valence-electron chi connectivity index (χ4n) is 3.33. The number of para-hydroxylation sites is 1. The molecule has 7 heteroatoms. The summed E-state index contributed by atoms with van der Waals surface area (Å²) in [5, 5.41) is 11.4. The van der Waals surface area contributed by atoms with Gasteiger partial charge in [-0.2, -0.15) is 0 Å². The maximum absolute atomic E-state index is 12.9. The number of carbonyl (C=O) groups is 1. The maximum atomic E-state index is 12.9. The number of rotatable bonds is 5. The van der Waals surface area contributed by atoms with E-state index >= 15 is 0 Å². The number of benzene rings is 3. The number of allylic oxidation sites excluding steroid dienone is 1. The first-order chi connectivity index (χ1) is 14.9. The zero-order chi connectivity index (χ0) is 22.0. The number of hydrogen-bond donors (Lipinski definition) is 0. The van der Waals surface area contributed by atoms with Crippen molar-refractivity contribution in [2.24, 2.45) is 0 Å². The lowest BCUT2D eigenvalue weighted by Crippen LogP contribution is -2.22. The van der Waals surface area contributed by atoms with E-state index in [-0.39, 0.29) is 17.0 Å². The molecule has 1 heterocycles. The Hall–Kier alpha value is -4.39. The van der Waals surface area contributed by atoms with Gasteiger partial charge in [-0.3, -0.25) is 24.3 Å². The van der Waals surface area contributed by atoms with Crippen LogP contribution in [0.3, 0.4) is 0 Å². The van der Waals surface area contributed by atoms with Crippen molar-refractivity contribution in [2.45, 2.75) is 6.92 Å². The first-order valence-corrected chi connectivity index (χ1v) is 9.50. The molecule has 0 N–H and O–H groups in total. The van der Waals surface area contributed by atoms with E-state index in [1.54, 1.807) is 61.5 Å². The third-order valence-corrected chi connectivity index (χ3v) is 4.86. The highest BCUT2D eigenvalue weighted by atomic mass is 16.6. The van der Waals surface area contributed by atoms with Crippen LogP contribution in [0.2, 0.25) is 0 Å². The molecular weight excluding hydrogens is 394 g/mol. The van der Waals surface area contributed by atoms with Crippen molar-refractivity contribution in [3.05, 3.63) is 116 Å². The van der Waals surface area contributed by atoms with Crippen LogP contribution in [-0.2, 0) is 0 Å². The Kier molecular flexibility index (Phi) is 5.24. The Balaban J connectivity index is 1.61. The van der Waals surface area contributed by atoms with Crippen LogP contribution in [0.15, 0.2) is 83.7 Å². The van der Waals surface area contributed by atoms with E-state index < -0.39 is 4.92 Å². The number of hydrogen-bond acceptors (Lipinski definition) is 5. The average molecular weight is 411 g/mol. The number of aromatic nitrogens is 2. The second kappa shape index (κ2) is 8.16. The van der Waals surface area contributed by atoms with Crippen LogP contribution in [0.25, 0.3) is 22.7 Å². The molecule has 0 aliphatic heterocycles.